The van der Waals surface area contributed by atoms with Crippen LogP contribution in [0.2, 0.25) is 0 Å². The average molecular weight is 332 g/mol. The van der Waals surface area contributed by atoms with Crippen LogP contribution in [0.5, 0.6) is 0 Å². The molecule has 0 unspecified atom stereocenters. The minimum absolute atomic E-state index is 0.176. The molecule has 0 saturated carbocycles. The molecule has 0 radical (unpaired) electrons. The zero-order valence-electron chi connectivity index (χ0n) is 13.6. The second-order valence-corrected chi connectivity index (χ2v) is 5.84. The van der Waals surface area contributed by atoms with E-state index < -0.39 is 6.04 Å². The first kappa shape index (κ1) is 15.2. The molecule has 2 heterocycles. The fourth-order valence-electron chi connectivity index (χ4n) is 2.78. The summed E-state index contributed by atoms with van der Waals surface area (Å²) in [6.07, 6.45) is 0. The maximum absolute atomic E-state index is 12.5. The molecular formula is C20H16N2O3. The van der Waals surface area contributed by atoms with Crippen LogP contribution in [0.1, 0.15) is 33.6 Å². The Hall–Kier alpha value is -3.34. The van der Waals surface area contributed by atoms with Crippen molar-refractivity contribution < 1.29 is 13.7 Å². The Kier molecular flexibility index (Phi) is 3.82. The van der Waals surface area contributed by atoms with E-state index in [9.17, 15) is 4.79 Å². The van der Waals surface area contributed by atoms with Gasteiger partial charge >= 0.3 is 0 Å². The van der Waals surface area contributed by atoms with Crippen molar-refractivity contribution in [1.29, 1.82) is 0 Å². The maximum atomic E-state index is 12.5. The van der Waals surface area contributed by atoms with E-state index in [-0.39, 0.29) is 11.7 Å². The number of benzene rings is 2. The number of nitrogens with one attached hydrogen (secondary N) is 1. The number of amides is 1. The predicted octanol–water partition coefficient (Wildman–Crippen LogP) is 4.25. The van der Waals surface area contributed by atoms with E-state index >= 15 is 0 Å². The normalized spacial score (nSPS) is 12.2. The van der Waals surface area contributed by atoms with Gasteiger partial charge in [0.15, 0.2) is 0 Å². The quantitative estimate of drug-likeness (QED) is 0.606. The molecule has 1 N–H and O–H groups in total. The number of hydrogen-bond acceptors (Lipinski definition) is 4. The maximum Gasteiger partial charge on any atom is 0.290 e. The third-order valence-corrected chi connectivity index (χ3v) is 3.99. The summed E-state index contributed by atoms with van der Waals surface area (Å²) in [6.45, 7) is 1.77. The molecule has 25 heavy (non-hydrogen) atoms. The van der Waals surface area contributed by atoms with Crippen molar-refractivity contribution in [2.45, 2.75) is 13.0 Å². The molecular weight excluding hydrogens is 316 g/mol. The molecule has 1 atom stereocenters. The Bertz CT molecular complexity index is 985. The zero-order chi connectivity index (χ0) is 17.2. The van der Waals surface area contributed by atoms with Gasteiger partial charge in [0.05, 0.1) is 5.69 Å². The Balaban J connectivity index is 1.72. The third kappa shape index (κ3) is 3.04. The van der Waals surface area contributed by atoms with Gasteiger partial charge in [0.1, 0.15) is 17.4 Å². The van der Waals surface area contributed by atoms with Crippen LogP contribution in [-0.4, -0.2) is 11.1 Å². The number of furan rings is 1. The molecule has 4 aromatic rings. The fraction of sp³-hybridized carbons (Fsp3) is 0.100. The summed E-state index contributed by atoms with van der Waals surface area (Å²) in [4.78, 5) is 12.5. The molecule has 1 amide bonds. The van der Waals surface area contributed by atoms with Crippen LogP contribution in [0, 0.1) is 6.92 Å². The van der Waals surface area contributed by atoms with Crippen LogP contribution in [-0.2, 0) is 0 Å². The van der Waals surface area contributed by atoms with E-state index in [4.69, 9.17) is 8.94 Å². The first-order valence-electron chi connectivity index (χ1n) is 7.98. The minimum Gasteiger partial charge on any atom is -0.459 e. The lowest BCUT2D eigenvalue weighted by Crippen LogP contribution is -2.28. The number of para-hydroxylation sites is 1. The lowest BCUT2D eigenvalue weighted by Gasteiger charge is -2.16. The number of hydrogen-bond donors (Lipinski definition) is 1. The molecule has 0 aliphatic heterocycles. The van der Waals surface area contributed by atoms with Crippen LogP contribution in [0.15, 0.2) is 75.7 Å². The highest BCUT2D eigenvalue weighted by Crippen LogP contribution is 2.28. The van der Waals surface area contributed by atoms with Gasteiger partial charge in [-0.15, -0.1) is 0 Å². The van der Waals surface area contributed by atoms with Crippen molar-refractivity contribution in [2.75, 3.05) is 0 Å². The summed E-state index contributed by atoms with van der Waals surface area (Å²) in [5.74, 6) is 0.501. The van der Waals surface area contributed by atoms with E-state index in [1.54, 1.807) is 13.0 Å². The average Bonchev–Trinajstić information content (AvgIpc) is 3.26. The fourth-order valence-corrected chi connectivity index (χ4v) is 2.78. The van der Waals surface area contributed by atoms with Gasteiger partial charge in [0.25, 0.3) is 5.91 Å². The molecule has 0 aliphatic rings. The van der Waals surface area contributed by atoms with Gasteiger partial charge in [0, 0.05) is 11.5 Å². The lowest BCUT2D eigenvalue weighted by atomic mass is 10.0. The Morgan fingerprint density at radius 1 is 1.04 bits per heavy atom. The van der Waals surface area contributed by atoms with E-state index in [2.05, 4.69) is 10.5 Å². The van der Waals surface area contributed by atoms with Gasteiger partial charge in [-0.2, -0.15) is 0 Å². The minimum atomic E-state index is -0.425. The smallest absolute Gasteiger partial charge is 0.290 e. The van der Waals surface area contributed by atoms with Gasteiger partial charge in [-0.1, -0.05) is 53.7 Å². The molecule has 124 valence electrons. The number of aromatic nitrogens is 1. The summed E-state index contributed by atoms with van der Waals surface area (Å²) >= 11 is 0. The van der Waals surface area contributed by atoms with Crippen LogP contribution < -0.4 is 5.32 Å². The molecule has 4 rings (SSSR count). The topological polar surface area (TPSA) is 68.3 Å². The summed E-state index contributed by atoms with van der Waals surface area (Å²) in [5.41, 5.74) is 2.36. The number of fused-ring (bicyclic) bond motifs is 1. The number of carbonyl (C=O) groups is 1. The standard InChI is InChI=1S/C20H16N2O3/c1-13-11-18(25-22-13)20(23)21-19(14-7-3-2-4-8-14)17-12-15-9-5-6-10-16(15)24-17/h2-12,19H,1H3,(H,21,23)/t19-/m1/s1. The zero-order valence-corrected chi connectivity index (χ0v) is 13.6. The van der Waals surface area contributed by atoms with Crippen molar-refractivity contribution in [3.05, 3.63) is 89.5 Å². The van der Waals surface area contributed by atoms with E-state index in [1.165, 1.54) is 0 Å². The second-order valence-electron chi connectivity index (χ2n) is 5.84. The molecule has 5 heteroatoms. The third-order valence-electron chi connectivity index (χ3n) is 3.99. The monoisotopic (exact) mass is 332 g/mol. The van der Waals surface area contributed by atoms with Gasteiger partial charge in [-0.3, -0.25) is 4.79 Å². The van der Waals surface area contributed by atoms with Crippen molar-refractivity contribution >= 4 is 16.9 Å². The van der Waals surface area contributed by atoms with Crippen molar-refractivity contribution in [3.8, 4) is 0 Å². The van der Waals surface area contributed by atoms with Crippen molar-refractivity contribution in [3.63, 3.8) is 0 Å². The van der Waals surface area contributed by atoms with E-state index in [0.717, 1.165) is 16.5 Å². The van der Waals surface area contributed by atoms with Gasteiger partial charge in [-0.05, 0) is 24.6 Å². The van der Waals surface area contributed by atoms with Gasteiger partial charge in [0.2, 0.25) is 5.76 Å². The molecule has 0 spiro atoms. The molecule has 2 aromatic carbocycles. The summed E-state index contributed by atoms with van der Waals surface area (Å²) < 4.78 is 11.0. The number of rotatable bonds is 4. The van der Waals surface area contributed by atoms with Crippen LogP contribution >= 0.6 is 0 Å². The van der Waals surface area contributed by atoms with Crippen molar-refractivity contribution in [1.82, 2.24) is 10.5 Å². The SMILES string of the molecule is Cc1cc(C(=O)N[C@H](c2ccccc2)c2cc3ccccc3o2)on1. The summed E-state index contributed by atoms with van der Waals surface area (Å²) in [6, 6.07) is 20.6. The van der Waals surface area contributed by atoms with Crippen LogP contribution in [0.4, 0.5) is 0 Å². The first-order valence-corrected chi connectivity index (χ1v) is 7.98. The second kappa shape index (κ2) is 6.28. The molecule has 5 nitrogen and oxygen atoms in total. The van der Waals surface area contributed by atoms with Crippen LogP contribution in [0.25, 0.3) is 11.0 Å². The molecule has 0 fully saturated rings. The molecule has 2 aromatic heterocycles. The molecule has 0 bridgehead atoms. The first-order chi connectivity index (χ1) is 12.2. The Morgan fingerprint density at radius 2 is 1.80 bits per heavy atom. The highest BCUT2D eigenvalue weighted by molar-refractivity contribution is 5.92. The number of aryl methyl sites for hydroxylation is 1. The highest BCUT2D eigenvalue weighted by Gasteiger charge is 2.23. The number of carbonyl (C=O) groups excluding carboxylic acids is 1. The van der Waals surface area contributed by atoms with Gasteiger partial charge < -0.3 is 14.3 Å². The van der Waals surface area contributed by atoms with Crippen molar-refractivity contribution in [2.24, 2.45) is 0 Å². The highest BCUT2D eigenvalue weighted by atomic mass is 16.5. The van der Waals surface area contributed by atoms with Gasteiger partial charge in [-0.25, -0.2) is 0 Å². The van der Waals surface area contributed by atoms with Crippen LogP contribution in [0.3, 0.4) is 0 Å². The molecule has 0 saturated heterocycles. The van der Waals surface area contributed by atoms with E-state index in [0.29, 0.717) is 11.5 Å². The predicted molar refractivity (Wildman–Crippen MR) is 93.2 cm³/mol. The summed E-state index contributed by atoms with van der Waals surface area (Å²) in [5, 5.41) is 7.73. The lowest BCUT2D eigenvalue weighted by molar-refractivity contribution is 0.0902. The Labute approximate surface area is 144 Å². The number of nitrogens with zero attached hydrogens (tertiary/aromatic N) is 1. The summed E-state index contributed by atoms with van der Waals surface area (Å²) in [7, 11) is 0. The van der Waals surface area contributed by atoms with E-state index in [1.807, 2.05) is 60.7 Å². The molecule has 0 aliphatic carbocycles. The Morgan fingerprint density at radius 3 is 2.52 bits per heavy atom. The largest absolute Gasteiger partial charge is 0.459 e.